The zero-order valence-electron chi connectivity index (χ0n) is 14.0. The van der Waals surface area contributed by atoms with E-state index in [0.717, 1.165) is 0 Å². The van der Waals surface area contributed by atoms with E-state index in [1.165, 1.54) is 24.3 Å². The maximum atomic E-state index is 13.3. The maximum absolute atomic E-state index is 13.3. The Morgan fingerprint density at radius 3 is 1.43 bits per heavy atom. The van der Waals surface area contributed by atoms with E-state index < -0.39 is 21.7 Å². The SMILES string of the molecule is O=C(C(CBr)c1ccc([N+](=O)[O-])cc1Br)C(CBr)c1ccc([N+](=O)[O-])cc1Br. The van der Waals surface area contributed by atoms with Gasteiger partial charge >= 0.3 is 0 Å². The van der Waals surface area contributed by atoms with Gasteiger partial charge in [-0.3, -0.25) is 25.0 Å². The molecule has 7 nitrogen and oxygen atoms in total. The van der Waals surface area contributed by atoms with Gasteiger partial charge in [0.05, 0.1) is 21.7 Å². The second-order valence-corrected chi connectivity index (χ2v) is 8.75. The zero-order valence-corrected chi connectivity index (χ0v) is 20.3. The number of nitrogens with zero attached hydrogens (tertiary/aromatic N) is 2. The first-order valence-corrected chi connectivity index (χ1v) is 11.6. The summed E-state index contributed by atoms with van der Waals surface area (Å²) < 4.78 is 0.936. The summed E-state index contributed by atoms with van der Waals surface area (Å²) >= 11 is 13.4. The number of nitro benzene ring substituents is 2. The van der Waals surface area contributed by atoms with Gasteiger partial charge in [-0.1, -0.05) is 75.9 Å². The third-order valence-corrected chi connectivity index (χ3v) is 6.80. The molecule has 0 amide bonds. The Balaban J connectivity index is 2.42. The van der Waals surface area contributed by atoms with Gasteiger partial charge in [0.15, 0.2) is 0 Å². The van der Waals surface area contributed by atoms with Crippen LogP contribution in [0, 0.1) is 20.2 Å². The Kier molecular flexibility index (Phi) is 8.29. The topological polar surface area (TPSA) is 103 Å². The fourth-order valence-corrected chi connectivity index (χ4v) is 5.31. The average molecular weight is 644 g/mol. The Bertz CT molecular complexity index is 864. The van der Waals surface area contributed by atoms with Gasteiger partial charge in [0, 0.05) is 43.9 Å². The molecule has 0 aliphatic rings. The lowest BCUT2D eigenvalue weighted by Crippen LogP contribution is -2.23. The lowest BCUT2D eigenvalue weighted by atomic mass is 9.85. The minimum Gasteiger partial charge on any atom is -0.298 e. The molecule has 0 radical (unpaired) electrons. The molecule has 2 unspecified atom stereocenters. The van der Waals surface area contributed by atoms with Crippen LogP contribution in [0.15, 0.2) is 45.3 Å². The Morgan fingerprint density at radius 2 is 1.18 bits per heavy atom. The molecule has 2 rings (SSSR count). The predicted molar refractivity (Wildman–Crippen MR) is 120 cm³/mol. The van der Waals surface area contributed by atoms with Gasteiger partial charge in [-0.15, -0.1) is 0 Å². The van der Waals surface area contributed by atoms with Gasteiger partial charge < -0.3 is 0 Å². The average Bonchev–Trinajstić information content (AvgIpc) is 2.65. The van der Waals surface area contributed by atoms with Crippen LogP contribution in [0.3, 0.4) is 0 Å². The molecule has 0 saturated heterocycles. The van der Waals surface area contributed by atoms with Crippen LogP contribution < -0.4 is 0 Å². The van der Waals surface area contributed by atoms with Crippen LogP contribution >= 0.6 is 63.7 Å². The fraction of sp³-hybridized carbons (Fsp3) is 0.235. The number of benzene rings is 2. The monoisotopic (exact) mass is 640 g/mol. The molecule has 0 aromatic heterocycles. The number of rotatable bonds is 8. The number of non-ortho nitro benzene ring substituents is 2. The highest BCUT2D eigenvalue weighted by atomic mass is 79.9. The molecular weight excluding hydrogens is 632 g/mol. The van der Waals surface area contributed by atoms with E-state index in [0.29, 0.717) is 30.7 Å². The molecule has 0 aliphatic carbocycles. The number of carbonyl (C=O) groups is 1. The minimum absolute atomic E-state index is 0.0773. The van der Waals surface area contributed by atoms with Crippen molar-refractivity contribution in [2.24, 2.45) is 0 Å². The van der Waals surface area contributed by atoms with Crippen molar-refractivity contribution in [2.75, 3.05) is 10.7 Å². The van der Waals surface area contributed by atoms with Crippen molar-refractivity contribution < 1.29 is 14.6 Å². The van der Waals surface area contributed by atoms with Crippen molar-refractivity contribution >= 4 is 80.9 Å². The molecule has 0 aliphatic heterocycles. The van der Waals surface area contributed by atoms with Crippen LogP contribution in [0.2, 0.25) is 0 Å². The number of halogens is 4. The van der Waals surface area contributed by atoms with Gasteiger partial charge in [0.1, 0.15) is 5.78 Å². The predicted octanol–water partition coefficient (Wildman–Crippen LogP) is 6.25. The summed E-state index contributed by atoms with van der Waals surface area (Å²) in [5.74, 6) is -1.27. The number of hydrogen-bond acceptors (Lipinski definition) is 5. The van der Waals surface area contributed by atoms with Crippen molar-refractivity contribution in [3.05, 3.63) is 76.7 Å². The number of nitro groups is 2. The van der Waals surface area contributed by atoms with Gasteiger partial charge in [-0.05, 0) is 11.1 Å². The molecule has 2 aromatic carbocycles. The van der Waals surface area contributed by atoms with E-state index in [9.17, 15) is 25.0 Å². The highest BCUT2D eigenvalue weighted by Gasteiger charge is 2.31. The van der Waals surface area contributed by atoms with Crippen molar-refractivity contribution in [3.8, 4) is 0 Å². The summed E-state index contributed by atoms with van der Waals surface area (Å²) in [5, 5.41) is 22.5. The Morgan fingerprint density at radius 1 is 0.821 bits per heavy atom. The van der Waals surface area contributed by atoms with E-state index in [1.807, 2.05) is 0 Å². The number of Topliss-reactive ketones (excluding diaryl/α,β-unsaturated/α-hetero) is 1. The summed E-state index contributed by atoms with van der Waals surface area (Å²) in [6, 6.07) is 8.55. The summed E-state index contributed by atoms with van der Waals surface area (Å²) in [6.45, 7) is 0. The summed E-state index contributed by atoms with van der Waals surface area (Å²) in [7, 11) is 0. The van der Waals surface area contributed by atoms with E-state index >= 15 is 0 Å². The number of carbonyl (C=O) groups excluding carboxylic acids is 1. The number of hydrogen-bond donors (Lipinski definition) is 0. The van der Waals surface area contributed by atoms with Gasteiger partial charge in [0.2, 0.25) is 0 Å². The highest BCUT2D eigenvalue weighted by Crippen LogP contribution is 2.37. The lowest BCUT2D eigenvalue weighted by Gasteiger charge is -2.22. The molecule has 2 atom stereocenters. The molecule has 11 heteroatoms. The third-order valence-electron chi connectivity index (χ3n) is 4.14. The second kappa shape index (κ2) is 10.0. The molecule has 0 heterocycles. The van der Waals surface area contributed by atoms with Crippen LogP contribution in [0.5, 0.6) is 0 Å². The maximum Gasteiger partial charge on any atom is 0.270 e. The standard InChI is InChI=1S/C17H12Br4N2O5/c18-7-13(11-3-1-9(22(25)26)5-15(11)20)17(24)14(8-19)12-4-2-10(23(27)28)6-16(12)21/h1-6,13-14H,7-8H2. The third kappa shape index (κ3) is 5.05. The smallest absolute Gasteiger partial charge is 0.270 e. The van der Waals surface area contributed by atoms with Crippen LogP contribution in [0.1, 0.15) is 23.0 Å². The Labute approximate surface area is 193 Å². The van der Waals surface area contributed by atoms with Crippen LogP contribution in [0.4, 0.5) is 11.4 Å². The molecule has 0 fully saturated rings. The van der Waals surface area contributed by atoms with Crippen molar-refractivity contribution in [1.29, 1.82) is 0 Å². The largest absolute Gasteiger partial charge is 0.298 e. The van der Waals surface area contributed by atoms with Crippen molar-refractivity contribution in [2.45, 2.75) is 11.8 Å². The van der Waals surface area contributed by atoms with Gasteiger partial charge in [-0.2, -0.15) is 0 Å². The number of ketones is 1. The van der Waals surface area contributed by atoms with Gasteiger partial charge in [-0.25, -0.2) is 0 Å². The van der Waals surface area contributed by atoms with E-state index in [-0.39, 0.29) is 17.2 Å². The van der Waals surface area contributed by atoms with Crippen molar-refractivity contribution in [1.82, 2.24) is 0 Å². The van der Waals surface area contributed by atoms with Crippen molar-refractivity contribution in [3.63, 3.8) is 0 Å². The van der Waals surface area contributed by atoms with Crippen LogP contribution in [0.25, 0.3) is 0 Å². The van der Waals surface area contributed by atoms with Crippen LogP contribution in [-0.2, 0) is 4.79 Å². The molecular formula is C17H12Br4N2O5. The van der Waals surface area contributed by atoms with E-state index in [1.54, 1.807) is 12.1 Å². The molecule has 2 aromatic rings. The summed E-state index contributed by atoms with van der Waals surface area (Å²) in [6.07, 6.45) is 0. The Hall–Kier alpha value is -1.17. The van der Waals surface area contributed by atoms with Crippen LogP contribution in [-0.4, -0.2) is 26.3 Å². The second-order valence-electron chi connectivity index (χ2n) is 5.74. The molecule has 0 spiro atoms. The normalized spacial score (nSPS) is 13.0. The quantitative estimate of drug-likeness (QED) is 0.192. The molecule has 28 heavy (non-hydrogen) atoms. The first kappa shape index (κ1) is 23.1. The zero-order chi connectivity index (χ0) is 21.0. The molecule has 0 N–H and O–H groups in total. The minimum atomic E-state index is -0.570. The lowest BCUT2D eigenvalue weighted by molar-refractivity contribution is -0.385. The molecule has 148 valence electrons. The number of alkyl halides is 2. The highest BCUT2D eigenvalue weighted by molar-refractivity contribution is 9.11. The summed E-state index contributed by atoms with van der Waals surface area (Å²) in [5.41, 5.74) is 1.09. The van der Waals surface area contributed by atoms with E-state index in [4.69, 9.17) is 0 Å². The molecule has 0 bridgehead atoms. The van der Waals surface area contributed by atoms with E-state index in [2.05, 4.69) is 63.7 Å². The molecule has 0 saturated carbocycles. The first-order chi connectivity index (χ1) is 13.2. The van der Waals surface area contributed by atoms with Gasteiger partial charge in [0.25, 0.3) is 11.4 Å². The fourth-order valence-electron chi connectivity index (χ4n) is 2.69. The first-order valence-electron chi connectivity index (χ1n) is 7.74. The summed E-state index contributed by atoms with van der Waals surface area (Å²) in [4.78, 5) is 34.1.